The number of anilines is 1. The predicted molar refractivity (Wildman–Crippen MR) is 122 cm³/mol. The van der Waals surface area contributed by atoms with E-state index in [-0.39, 0.29) is 32.9 Å². The van der Waals surface area contributed by atoms with Gasteiger partial charge in [0, 0.05) is 26.2 Å². The average Bonchev–Trinajstić information content (AvgIpc) is 3.28. The molecule has 0 fully saturated rings. The van der Waals surface area contributed by atoms with E-state index in [0.717, 1.165) is 10.1 Å². The number of thiophene rings is 1. The Morgan fingerprint density at radius 3 is 2.42 bits per heavy atom. The van der Waals surface area contributed by atoms with E-state index in [9.17, 15) is 14.4 Å². The zero-order valence-corrected chi connectivity index (χ0v) is 18.0. The molecule has 9 heteroatoms. The molecule has 0 radical (unpaired) electrons. The molecular formula is C22H22N5O3S+. The lowest BCUT2D eigenvalue weighted by Gasteiger charge is -2.15. The van der Waals surface area contributed by atoms with Crippen molar-refractivity contribution >= 4 is 33.2 Å². The Balaban J connectivity index is 1.91. The maximum absolute atomic E-state index is 13.2. The Morgan fingerprint density at radius 2 is 1.74 bits per heavy atom. The summed E-state index contributed by atoms with van der Waals surface area (Å²) in [6.45, 7) is 0.313. The molecule has 1 aromatic carbocycles. The van der Waals surface area contributed by atoms with Crippen LogP contribution in [0.5, 0.6) is 0 Å². The van der Waals surface area contributed by atoms with Crippen molar-refractivity contribution < 1.29 is 4.79 Å². The number of pyridine rings is 1. The molecule has 3 aromatic heterocycles. The van der Waals surface area contributed by atoms with Crippen molar-refractivity contribution in [2.45, 2.75) is 12.3 Å². The highest BCUT2D eigenvalue weighted by Crippen LogP contribution is 2.30. The minimum absolute atomic E-state index is 0.00734. The minimum atomic E-state index is -0.500. The largest absolute Gasteiger partial charge is 0.383 e. The van der Waals surface area contributed by atoms with Gasteiger partial charge in [-0.3, -0.25) is 18.7 Å². The number of fused-ring (bicyclic) bond motifs is 1. The first-order chi connectivity index (χ1) is 14.9. The van der Waals surface area contributed by atoms with Crippen LogP contribution in [0, 0.1) is 0 Å². The molecule has 1 amide bonds. The third-order valence-corrected chi connectivity index (χ3v) is 6.81. The molecule has 3 N–H and O–H groups in total. The predicted octanol–water partition coefficient (Wildman–Crippen LogP) is 1.94. The van der Waals surface area contributed by atoms with E-state index in [4.69, 9.17) is 5.73 Å². The zero-order valence-electron chi connectivity index (χ0n) is 17.2. The molecule has 4 aromatic rings. The lowest BCUT2D eigenvalue weighted by atomic mass is 10.1. The van der Waals surface area contributed by atoms with Gasteiger partial charge in [0.05, 0.1) is 10.9 Å². The van der Waals surface area contributed by atoms with Crippen LogP contribution in [0.15, 0.2) is 62.8 Å². The van der Waals surface area contributed by atoms with Crippen LogP contribution in [-0.2, 0) is 26.4 Å². The minimum Gasteiger partial charge on any atom is -0.383 e. The molecule has 0 aliphatic rings. The summed E-state index contributed by atoms with van der Waals surface area (Å²) in [7, 11) is 2.65. The molecule has 0 bridgehead atoms. The van der Waals surface area contributed by atoms with Gasteiger partial charge in [0.25, 0.3) is 11.5 Å². The van der Waals surface area contributed by atoms with Gasteiger partial charge in [-0.15, -0.1) is 0 Å². The number of nitrogens with two attached hydrogens (primary N) is 1. The molecule has 4 rings (SSSR count). The Bertz CT molecular complexity index is 1390. The monoisotopic (exact) mass is 436 g/mol. The standard InChI is InChI=1S/C22H21N5O3S/c1-26-19-17(21(29)27(2)22(26)30)15(13-31-10-6-7-11-31)16(18(23)25-19)20(28)24-12-14-8-4-3-5-9-14/h3-11H,12-13H2,1-2H3,(H2-,23,24,25,28,29)/p+1. The van der Waals surface area contributed by atoms with Gasteiger partial charge in [-0.05, 0) is 28.2 Å². The van der Waals surface area contributed by atoms with Gasteiger partial charge in [-0.1, -0.05) is 30.3 Å². The molecule has 0 saturated heterocycles. The SMILES string of the molecule is Cn1c(=O)c2c(C[s+]3cccc3)c(C(=O)NCc3ccccc3)c(N)nc2n(C)c1=O. The summed E-state index contributed by atoms with van der Waals surface area (Å²) in [5, 5.41) is 7.15. The molecule has 0 unspecified atom stereocenters. The molecule has 158 valence electrons. The fourth-order valence-corrected chi connectivity index (χ4v) is 5.03. The highest BCUT2D eigenvalue weighted by Gasteiger charge is 2.26. The van der Waals surface area contributed by atoms with Crippen LogP contribution in [-0.4, -0.2) is 20.0 Å². The molecule has 0 spiro atoms. The van der Waals surface area contributed by atoms with Crippen molar-refractivity contribution in [1.29, 1.82) is 0 Å². The summed E-state index contributed by atoms with van der Waals surface area (Å²) in [5.41, 5.74) is 7.02. The van der Waals surface area contributed by atoms with Crippen LogP contribution in [0.4, 0.5) is 5.82 Å². The average molecular weight is 437 g/mol. The van der Waals surface area contributed by atoms with Gasteiger partial charge < -0.3 is 11.1 Å². The molecule has 3 heterocycles. The lowest BCUT2D eigenvalue weighted by molar-refractivity contribution is 0.0951. The normalized spacial score (nSPS) is 11.0. The van der Waals surface area contributed by atoms with Crippen molar-refractivity contribution in [3.05, 3.63) is 90.8 Å². The van der Waals surface area contributed by atoms with Gasteiger partial charge >= 0.3 is 5.69 Å². The summed E-state index contributed by atoms with van der Waals surface area (Å²) in [6, 6.07) is 13.4. The number of carbonyl (C=O) groups excluding carboxylic acids is 1. The quantitative estimate of drug-likeness (QED) is 0.465. The second-order valence-electron chi connectivity index (χ2n) is 7.19. The highest BCUT2D eigenvalue weighted by atomic mass is 32.2. The second kappa shape index (κ2) is 8.19. The number of benzene rings is 1. The van der Waals surface area contributed by atoms with E-state index in [0.29, 0.717) is 17.9 Å². The summed E-state index contributed by atoms with van der Waals surface area (Å²) in [6.07, 6.45) is 0. The summed E-state index contributed by atoms with van der Waals surface area (Å²) >= 11 is 0. The fourth-order valence-electron chi connectivity index (χ4n) is 3.54. The summed E-state index contributed by atoms with van der Waals surface area (Å²) in [4.78, 5) is 42.9. The number of aromatic nitrogens is 3. The lowest BCUT2D eigenvalue weighted by Crippen LogP contribution is -2.38. The number of carbonyl (C=O) groups is 1. The maximum atomic E-state index is 13.2. The van der Waals surface area contributed by atoms with E-state index >= 15 is 0 Å². The first-order valence-corrected chi connectivity index (χ1v) is 11.1. The van der Waals surface area contributed by atoms with Crippen LogP contribution in [0.2, 0.25) is 0 Å². The van der Waals surface area contributed by atoms with E-state index in [1.807, 2.05) is 53.2 Å². The van der Waals surface area contributed by atoms with Crippen molar-refractivity contribution in [2.24, 2.45) is 14.1 Å². The number of rotatable bonds is 5. The second-order valence-corrected chi connectivity index (χ2v) is 8.97. The zero-order chi connectivity index (χ0) is 22.1. The number of aryl methyl sites for hydroxylation is 1. The summed E-state index contributed by atoms with van der Waals surface area (Å²) in [5.74, 6) is 0.00193. The summed E-state index contributed by atoms with van der Waals surface area (Å²) < 4.78 is 2.31. The fraction of sp³-hybridized carbons (Fsp3) is 0.182. The van der Waals surface area contributed by atoms with Crippen LogP contribution in [0.3, 0.4) is 0 Å². The van der Waals surface area contributed by atoms with Crippen molar-refractivity contribution in [3.8, 4) is 0 Å². The third-order valence-electron chi connectivity index (χ3n) is 5.17. The van der Waals surface area contributed by atoms with Crippen LogP contribution in [0.25, 0.3) is 11.0 Å². The van der Waals surface area contributed by atoms with E-state index < -0.39 is 17.2 Å². The van der Waals surface area contributed by atoms with Gasteiger partial charge in [-0.25, -0.2) is 9.78 Å². The first-order valence-electron chi connectivity index (χ1n) is 9.62. The van der Waals surface area contributed by atoms with Crippen molar-refractivity contribution in [3.63, 3.8) is 0 Å². The Labute approximate surface area is 180 Å². The molecule has 0 atom stereocenters. The number of nitrogens with one attached hydrogen (secondary N) is 1. The van der Waals surface area contributed by atoms with Gasteiger partial charge in [0.15, 0.2) is 11.4 Å². The van der Waals surface area contributed by atoms with Gasteiger partial charge in [-0.2, -0.15) is 0 Å². The number of hydrogen-bond donors (Lipinski definition) is 2. The number of amides is 1. The van der Waals surface area contributed by atoms with Crippen LogP contribution >= 0.6 is 10.5 Å². The van der Waals surface area contributed by atoms with Crippen LogP contribution < -0.4 is 22.3 Å². The number of hydrogen-bond acceptors (Lipinski definition) is 5. The molecule has 8 nitrogen and oxygen atoms in total. The first kappa shape index (κ1) is 20.5. The molecule has 0 saturated carbocycles. The van der Waals surface area contributed by atoms with E-state index in [1.54, 1.807) is 0 Å². The topological polar surface area (TPSA) is 112 Å². The number of nitrogens with zero attached hydrogens (tertiary/aromatic N) is 3. The van der Waals surface area contributed by atoms with Crippen LogP contribution in [0.1, 0.15) is 21.5 Å². The highest BCUT2D eigenvalue weighted by molar-refractivity contribution is 7.27. The third kappa shape index (κ3) is 3.75. The smallest absolute Gasteiger partial charge is 0.332 e. The molecular weight excluding hydrogens is 414 g/mol. The number of nitrogen functional groups attached to an aromatic ring is 1. The Kier molecular flexibility index (Phi) is 5.43. The van der Waals surface area contributed by atoms with Crippen molar-refractivity contribution in [2.75, 3.05) is 5.73 Å². The molecule has 31 heavy (non-hydrogen) atoms. The molecule has 0 aliphatic heterocycles. The Hall–Kier alpha value is -3.72. The van der Waals surface area contributed by atoms with Gasteiger partial charge in [0.2, 0.25) is 0 Å². The Morgan fingerprint density at radius 1 is 1.06 bits per heavy atom. The van der Waals surface area contributed by atoms with E-state index in [2.05, 4.69) is 10.3 Å². The van der Waals surface area contributed by atoms with E-state index in [1.165, 1.54) is 18.7 Å². The van der Waals surface area contributed by atoms with Crippen molar-refractivity contribution in [1.82, 2.24) is 19.4 Å². The maximum Gasteiger partial charge on any atom is 0.332 e. The molecule has 0 aliphatic carbocycles. The van der Waals surface area contributed by atoms with Gasteiger partial charge in [0.1, 0.15) is 16.6 Å².